The van der Waals surface area contributed by atoms with Crippen LogP contribution in [0.2, 0.25) is 0 Å². The SMILES string of the molecule is CCCCCCC(=O)NC(=S)Nc1ccc(S(=O)(=O)NC(C)(C)C)cc1. The number of nitrogens with one attached hydrogen (secondary N) is 3. The van der Waals surface area contributed by atoms with Crippen molar-refractivity contribution < 1.29 is 13.2 Å². The van der Waals surface area contributed by atoms with Crippen molar-refractivity contribution in [2.24, 2.45) is 0 Å². The lowest BCUT2D eigenvalue weighted by atomic mass is 10.1. The number of carbonyl (C=O) groups is 1. The summed E-state index contributed by atoms with van der Waals surface area (Å²) < 4.78 is 27.1. The van der Waals surface area contributed by atoms with Gasteiger partial charge in [0.15, 0.2) is 5.11 Å². The van der Waals surface area contributed by atoms with Gasteiger partial charge in [0.05, 0.1) is 4.90 Å². The average molecular weight is 400 g/mol. The molecule has 1 rings (SSSR count). The van der Waals surface area contributed by atoms with Gasteiger partial charge < -0.3 is 10.6 Å². The summed E-state index contributed by atoms with van der Waals surface area (Å²) in [6, 6.07) is 6.20. The van der Waals surface area contributed by atoms with Crippen LogP contribution in [0.15, 0.2) is 29.2 Å². The molecule has 146 valence electrons. The van der Waals surface area contributed by atoms with Crippen molar-refractivity contribution in [1.82, 2.24) is 10.0 Å². The predicted molar refractivity (Wildman–Crippen MR) is 110 cm³/mol. The maximum Gasteiger partial charge on any atom is 0.241 e. The number of carbonyl (C=O) groups excluding carboxylic acids is 1. The number of benzene rings is 1. The van der Waals surface area contributed by atoms with Crippen LogP contribution in [-0.4, -0.2) is 25.0 Å². The topological polar surface area (TPSA) is 87.3 Å². The number of hydrogen-bond donors (Lipinski definition) is 3. The van der Waals surface area contributed by atoms with Crippen LogP contribution in [-0.2, 0) is 14.8 Å². The van der Waals surface area contributed by atoms with E-state index in [0.29, 0.717) is 12.1 Å². The number of amides is 1. The molecule has 0 atom stereocenters. The molecule has 0 fully saturated rings. The van der Waals surface area contributed by atoms with Gasteiger partial charge in [-0.1, -0.05) is 26.2 Å². The maximum atomic E-state index is 12.3. The highest BCUT2D eigenvalue weighted by atomic mass is 32.2. The van der Waals surface area contributed by atoms with Gasteiger partial charge in [0.1, 0.15) is 0 Å². The molecular formula is C18H29N3O3S2. The van der Waals surface area contributed by atoms with E-state index in [-0.39, 0.29) is 15.9 Å². The van der Waals surface area contributed by atoms with E-state index in [9.17, 15) is 13.2 Å². The van der Waals surface area contributed by atoms with Crippen LogP contribution in [0.5, 0.6) is 0 Å². The molecule has 0 aliphatic rings. The fraction of sp³-hybridized carbons (Fsp3) is 0.556. The third-order valence-corrected chi connectivity index (χ3v) is 5.35. The van der Waals surface area contributed by atoms with Crippen molar-refractivity contribution >= 4 is 38.9 Å². The van der Waals surface area contributed by atoms with Gasteiger partial charge in [0, 0.05) is 17.6 Å². The zero-order valence-corrected chi connectivity index (χ0v) is 17.5. The lowest BCUT2D eigenvalue weighted by molar-refractivity contribution is -0.119. The quantitative estimate of drug-likeness (QED) is 0.460. The van der Waals surface area contributed by atoms with E-state index >= 15 is 0 Å². The summed E-state index contributed by atoms with van der Waals surface area (Å²) in [7, 11) is -3.58. The summed E-state index contributed by atoms with van der Waals surface area (Å²) in [4.78, 5) is 12.0. The van der Waals surface area contributed by atoms with Gasteiger partial charge in [-0.2, -0.15) is 0 Å². The van der Waals surface area contributed by atoms with E-state index in [1.165, 1.54) is 12.1 Å². The van der Waals surface area contributed by atoms with Crippen LogP contribution in [0.4, 0.5) is 5.69 Å². The first-order valence-electron chi connectivity index (χ1n) is 8.78. The normalized spacial score (nSPS) is 11.8. The van der Waals surface area contributed by atoms with Gasteiger partial charge in [0.25, 0.3) is 0 Å². The molecule has 1 aromatic rings. The summed E-state index contributed by atoms with van der Waals surface area (Å²) in [5.74, 6) is -0.118. The summed E-state index contributed by atoms with van der Waals surface area (Å²) in [6.45, 7) is 7.46. The third kappa shape index (κ3) is 8.73. The fourth-order valence-electron chi connectivity index (χ4n) is 2.24. The number of thiocarbonyl (C=S) groups is 1. The highest BCUT2D eigenvalue weighted by molar-refractivity contribution is 7.89. The minimum absolute atomic E-state index is 0.118. The van der Waals surface area contributed by atoms with E-state index in [0.717, 1.165) is 25.7 Å². The molecule has 26 heavy (non-hydrogen) atoms. The molecule has 3 N–H and O–H groups in total. The Morgan fingerprint density at radius 1 is 1.08 bits per heavy atom. The van der Waals surface area contributed by atoms with Gasteiger partial charge in [-0.3, -0.25) is 4.79 Å². The third-order valence-electron chi connectivity index (χ3n) is 3.37. The Kier molecular flexibility index (Phi) is 8.66. The molecule has 0 unspecified atom stereocenters. The van der Waals surface area contributed by atoms with Crippen LogP contribution >= 0.6 is 12.2 Å². The highest BCUT2D eigenvalue weighted by Gasteiger charge is 2.21. The molecule has 6 nitrogen and oxygen atoms in total. The molecule has 0 radical (unpaired) electrons. The molecule has 0 bridgehead atoms. The summed E-state index contributed by atoms with van der Waals surface area (Å²) in [5.41, 5.74) is 0.0506. The monoisotopic (exact) mass is 399 g/mol. The van der Waals surface area contributed by atoms with Crippen LogP contribution in [0.25, 0.3) is 0 Å². The minimum atomic E-state index is -3.58. The Labute approximate surface area is 162 Å². The number of unbranched alkanes of at least 4 members (excludes halogenated alkanes) is 3. The van der Waals surface area contributed by atoms with Crippen molar-refractivity contribution in [2.45, 2.75) is 70.2 Å². The molecule has 0 heterocycles. The van der Waals surface area contributed by atoms with Gasteiger partial charge >= 0.3 is 0 Å². The van der Waals surface area contributed by atoms with E-state index in [1.807, 2.05) is 0 Å². The fourth-order valence-corrected chi connectivity index (χ4v) is 3.89. The Bertz CT molecular complexity index is 708. The lowest BCUT2D eigenvalue weighted by Gasteiger charge is -2.20. The van der Waals surface area contributed by atoms with Crippen molar-refractivity contribution in [3.05, 3.63) is 24.3 Å². The smallest absolute Gasteiger partial charge is 0.241 e. The molecule has 0 saturated carbocycles. The Balaban J connectivity index is 2.56. The molecule has 0 saturated heterocycles. The van der Waals surface area contributed by atoms with E-state index < -0.39 is 15.6 Å². The second-order valence-electron chi connectivity index (χ2n) is 7.19. The number of rotatable bonds is 8. The Morgan fingerprint density at radius 2 is 1.69 bits per heavy atom. The number of hydrogen-bond acceptors (Lipinski definition) is 4. The van der Waals surface area contributed by atoms with Crippen molar-refractivity contribution in [3.63, 3.8) is 0 Å². The largest absolute Gasteiger partial charge is 0.332 e. The van der Waals surface area contributed by atoms with Gasteiger partial charge in [-0.15, -0.1) is 0 Å². The van der Waals surface area contributed by atoms with Gasteiger partial charge in [-0.25, -0.2) is 13.1 Å². The summed E-state index contributed by atoms with van der Waals surface area (Å²) in [6.07, 6.45) is 4.56. The minimum Gasteiger partial charge on any atom is -0.332 e. The number of sulfonamides is 1. The first-order valence-corrected chi connectivity index (χ1v) is 10.7. The standard InChI is InChI=1S/C18H29N3O3S2/c1-5-6-7-8-9-16(22)20-17(25)19-14-10-12-15(13-11-14)26(23,24)21-18(2,3)4/h10-13,21H,5-9H2,1-4H3,(H2,19,20,22,25). The summed E-state index contributed by atoms with van der Waals surface area (Å²) >= 11 is 5.12. The molecule has 1 aromatic carbocycles. The van der Waals surface area contributed by atoms with Crippen molar-refractivity contribution in [3.8, 4) is 0 Å². The second-order valence-corrected chi connectivity index (χ2v) is 9.28. The highest BCUT2D eigenvalue weighted by Crippen LogP contribution is 2.16. The van der Waals surface area contributed by atoms with Crippen LogP contribution in [0.3, 0.4) is 0 Å². The molecule has 8 heteroatoms. The Morgan fingerprint density at radius 3 is 2.23 bits per heavy atom. The van der Waals surface area contributed by atoms with Gasteiger partial charge in [0.2, 0.25) is 15.9 Å². The second kappa shape index (κ2) is 9.99. The first-order chi connectivity index (χ1) is 12.0. The van der Waals surface area contributed by atoms with Gasteiger partial charge in [-0.05, 0) is 63.7 Å². The van der Waals surface area contributed by atoms with Crippen molar-refractivity contribution in [1.29, 1.82) is 0 Å². The first kappa shape index (κ1) is 22.5. The maximum absolute atomic E-state index is 12.3. The zero-order valence-electron chi connectivity index (χ0n) is 15.9. The van der Waals surface area contributed by atoms with Crippen molar-refractivity contribution in [2.75, 3.05) is 5.32 Å². The molecule has 0 aliphatic heterocycles. The zero-order chi connectivity index (χ0) is 19.8. The average Bonchev–Trinajstić information content (AvgIpc) is 2.49. The van der Waals surface area contributed by atoms with Crippen LogP contribution in [0.1, 0.15) is 59.8 Å². The molecule has 0 aliphatic carbocycles. The summed E-state index contributed by atoms with van der Waals surface area (Å²) in [5, 5.41) is 5.72. The lowest BCUT2D eigenvalue weighted by Crippen LogP contribution is -2.40. The molecular weight excluding hydrogens is 370 g/mol. The molecule has 0 aromatic heterocycles. The predicted octanol–water partition coefficient (Wildman–Crippen LogP) is 3.55. The van der Waals surface area contributed by atoms with E-state index in [2.05, 4.69) is 22.3 Å². The molecule has 0 spiro atoms. The van der Waals surface area contributed by atoms with E-state index in [4.69, 9.17) is 12.2 Å². The Hall–Kier alpha value is -1.51. The molecule has 1 amide bonds. The number of anilines is 1. The van der Waals surface area contributed by atoms with E-state index in [1.54, 1.807) is 32.9 Å². The van der Waals surface area contributed by atoms with Crippen LogP contribution in [0, 0.1) is 0 Å². The van der Waals surface area contributed by atoms with Crippen LogP contribution < -0.4 is 15.4 Å².